The van der Waals surface area contributed by atoms with Gasteiger partial charge in [-0.05, 0) is 24.8 Å². The highest BCUT2D eigenvalue weighted by atomic mass is 14.5. The monoisotopic (exact) mass is 306 g/mol. The van der Waals surface area contributed by atoms with Crippen molar-refractivity contribution in [2.45, 2.75) is 40.0 Å². The largest absolute Gasteiger partial charge is 0.197 e. The Kier molecular flexibility index (Phi) is 6.80. The van der Waals surface area contributed by atoms with Gasteiger partial charge in [0.05, 0.1) is 12.1 Å². The summed E-state index contributed by atoms with van der Waals surface area (Å²) in [5, 5.41) is 19.8. The Labute approximate surface area is 140 Å². The Bertz CT molecular complexity index is 612. The normalized spacial score (nSPS) is 14.2. The van der Waals surface area contributed by atoms with Crippen LogP contribution in [0.4, 0.5) is 0 Å². The van der Waals surface area contributed by atoms with Crippen molar-refractivity contribution in [2.75, 3.05) is 0 Å². The maximum atomic E-state index is 9.92. The lowest BCUT2D eigenvalue weighted by Gasteiger charge is -2.33. The van der Waals surface area contributed by atoms with Gasteiger partial charge in [0, 0.05) is 11.8 Å². The van der Waals surface area contributed by atoms with Crippen LogP contribution >= 0.6 is 0 Å². The fourth-order valence-electron chi connectivity index (χ4n) is 2.82. The summed E-state index contributed by atoms with van der Waals surface area (Å²) >= 11 is 0. The van der Waals surface area contributed by atoms with E-state index < -0.39 is 5.41 Å². The molecular formula is C21H26N2. The maximum absolute atomic E-state index is 9.92. The standard InChI is InChI=1S/C21H26N2/c1-16(2)11-12-18(5)21(14-22,15-23)20(13-17(3)4)19-9-7-6-8-10-19/h6-12,16,18,20H,3,13H2,1-2,4-5H3/b12-11+. The molecule has 0 saturated carbocycles. The summed E-state index contributed by atoms with van der Waals surface area (Å²) in [4.78, 5) is 0. The minimum atomic E-state index is -1.11. The molecule has 1 aromatic carbocycles. The Hall–Kier alpha value is -2.32. The Morgan fingerprint density at radius 2 is 1.70 bits per heavy atom. The molecule has 0 fully saturated rings. The van der Waals surface area contributed by atoms with Crippen LogP contribution in [0.3, 0.4) is 0 Å². The molecule has 0 aliphatic carbocycles. The van der Waals surface area contributed by atoms with Crippen LogP contribution < -0.4 is 0 Å². The van der Waals surface area contributed by atoms with Gasteiger partial charge < -0.3 is 0 Å². The molecule has 2 heteroatoms. The lowest BCUT2D eigenvalue weighted by atomic mass is 9.64. The van der Waals surface area contributed by atoms with Crippen molar-refractivity contribution in [3.63, 3.8) is 0 Å². The molecule has 2 nitrogen and oxygen atoms in total. The molecule has 2 unspecified atom stereocenters. The molecule has 0 aromatic heterocycles. The van der Waals surface area contributed by atoms with Crippen LogP contribution in [-0.4, -0.2) is 0 Å². The summed E-state index contributed by atoms with van der Waals surface area (Å²) in [6, 6.07) is 14.5. The highest BCUT2D eigenvalue weighted by Gasteiger charge is 2.44. The van der Waals surface area contributed by atoms with Gasteiger partial charge in [0.2, 0.25) is 0 Å². The van der Waals surface area contributed by atoms with Crippen molar-refractivity contribution in [3.05, 3.63) is 60.2 Å². The molecular weight excluding hydrogens is 280 g/mol. The van der Waals surface area contributed by atoms with E-state index in [0.717, 1.165) is 11.1 Å². The third-order valence-electron chi connectivity index (χ3n) is 4.18. The zero-order chi connectivity index (χ0) is 17.5. The van der Waals surface area contributed by atoms with Gasteiger partial charge in [-0.15, -0.1) is 6.58 Å². The van der Waals surface area contributed by atoms with Crippen molar-refractivity contribution < 1.29 is 0 Å². The molecule has 120 valence electrons. The van der Waals surface area contributed by atoms with Crippen LogP contribution in [0.1, 0.15) is 45.6 Å². The fourth-order valence-corrected chi connectivity index (χ4v) is 2.82. The van der Waals surface area contributed by atoms with Gasteiger partial charge in [0.25, 0.3) is 0 Å². The molecule has 0 heterocycles. The van der Waals surface area contributed by atoms with Crippen LogP contribution in [0.25, 0.3) is 0 Å². The summed E-state index contributed by atoms with van der Waals surface area (Å²) in [5.41, 5.74) is 0.892. The lowest BCUT2D eigenvalue weighted by molar-refractivity contribution is 0.323. The van der Waals surface area contributed by atoms with Crippen molar-refractivity contribution in [3.8, 4) is 12.1 Å². The highest BCUT2D eigenvalue weighted by Crippen LogP contribution is 2.45. The van der Waals surface area contributed by atoms with Gasteiger partial charge >= 0.3 is 0 Å². The zero-order valence-electron chi connectivity index (χ0n) is 14.6. The number of rotatable bonds is 7. The smallest absolute Gasteiger partial charge is 0.156 e. The Balaban J connectivity index is 3.39. The lowest BCUT2D eigenvalue weighted by Crippen LogP contribution is -2.32. The second-order valence-corrected chi connectivity index (χ2v) is 6.63. The van der Waals surface area contributed by atoms with E-state index in [2.05, 4.69) is 38.6 Å². The summed E-state index contributed by atoms with van der Waals surface area (Å²) in [6.07, 6.45) is 4.70. The number of allylic oxidation sites excluding steroid dienone is 3. The fraction of sp³-hybridized carbons (Fsp3) is 0.429. The first-order chi connectivity index (χ1) is 10.9. The Morgan fingerprint density at radius 3 is 2.13 bits per heavy atom. The number of benzene rings is 1. The maximum Gasteiger partial charge on any atom is 0.156 e. The molecule has 23 heavy (non-hydrogen) atoms. The molecule has 0 saturated heterocycles. The van der Waals surface area contributed by atoms with E-state index in [9.17, 15) is 10.5 Å². The summed E-state index contributed by atoms with van der Waals surface area (Å²) in [5.74, 6) is 0.0383. The van der Waals surface area contributed by atoms with Crippen molar-refractivity contribution in [2.24, 2.45) is 17.3 Å². The van der Waals surface area contributed by atoms with Crippen molar-refractivity contribution in [1.82, 2.24) is 0 Å². The van der Waals surface area contributed by atoms with E-state index >= 15 is 0 Å². The van der Waals surface area contributed by atoms with Gasteiger partial charge in [-0.3, -0.25) is 0 Å². The topological polar surface area (TPSA) is 47.6 Å². The second kappa shape index (κ2) is 8.35. The van der Waals surface area contributed by atoms with E-state index in [4.69, 9.17) is 0 Å². The van der Waals surface area contributed by atoms with Crippen LogP contribution in [0.2, 0.25) is 0 Å². The van der Waals surface area contributed by atoms with E-state index in [1.807, 2.05) is 50.3 Å². The molecule has 0 radical (unpaired) electrons. The van der Waals surface area contributed by atoms with Crippen molar-refractivity contribution in [1.29, 1.82) is 10.5 Å². The predicted octanol–water partition coefficient (Wildman–Crippen LogP) is 5.62. The summed E-state index contributed by atoms with van der Waals surface area (Å²) < 4.78 is 0. The predicted molar refractivity (Wildman–Crippen MR) is 95.4 cm³/mol. The number of nitrogens with zero attached hydrogens (tertiary/aromatic N) is 2. The molecule has 0 amide bonds. The minimum Gasteiger partial charge on any atom is -0.197 e. The van der Waals surface area contributed by atoms with E-state index in [0.29, 0.717) is 12.3 Å². The number of nitriles is 2. The molecule has 2 atom stereocenters. The van der Waals surface area contributed by atoms with Crippen LogP contribution in [0.5, 0.6) is 0 Å². The summed E-state index contributed by atoms with van der Waals surface area (Å²) in [6.45, 7) is 12.1. The van der Waals surface area contributed by atoms with Gasteiger partial charge in [0.15, 0.2) is 5.41 Å². The molecule has 0 aliphatic heterocycles. The molecule has 0 bridgehead atoms. The highest BCUT2D eigenvalue weighted by molar-refractivity contribution is 5.34. The molecule has 1 rings (SSSR count). The molecule has 0 N–H and O–H groups in total. The molecule has 0 spiro atoms. The number of hydrogen-bond acceptors (Lipinski definition) is 2. The first-order valence-electron chi connectivity index (χ1n) is 8.07. The zero-order valence-corrected chi connectivity index (χ0v) is 14.6. The molecule has 0 aliphatic rings. The second-order valence-electron chi connectivity index (χ2n) is 6.63. The van der Waals surface area contributed by atoms with Gasteiger partial charge in [-0.2, -0.15) is 10.5 Å². The van der Waals surface area contributed by atoms with Gasteiger partial charge in [-0.25, -0.2) is 0 Å². The molecule has 1 aromatic rings. The van der Waals surface area contributed by atoms with Gasteiger partial charge in [-0.1, -0.05) is 68.8 Å². The SMILES string of the molecule is C=C(C)CC(c1ccccc1)C(C#N)(C#N)C(C)/C=C/C(C)C. The van der Waals surface area contributed by atoms with Crippen LogP contribution in [-0.2, 0) is 0 Å². The van der Waals surface area contributed by atoms with Gasteiger partial charge in [0.1, 0.15) is 0 Å². The first kappa shape index (κ1) is 18.7. The van der Waals surface area contributed by atoms with Crippen LogP contribution in [0.15, 0.2) is 54.6 Å². The average Bonchev–Trinajstić information content (AvgIpc) is 2.54. The minimum absolute atomic E-state index is 0.163. The third-order valence-corrected chi connectivity index (χ3v) is 4.18. The van der Waals surface area contributed by atoms with Crippen LogP contribution in [0, 0.1) is 39.9 Å². The Morgan fingerprint density at radius 1 is 1.13 bits per heavy atom. The third kappa shape index (κ3) is 4.57. The van der Waals surface area contributed by atoms with E-state index in [-0.39, 0.29) is 11.8 Å². The van der Waals surface area contributed by atoms with E-state index in [1.54, 1.807) is 0 Å². The summed E-state index contributed by atoms with van der Waals surface area (Å²) in [7, 11) is 0. The first-order valence-corrected chi connectivity index (χ1v) is 8.07. The van der Waals surface area contributed by atoms with Crippen molar-refractivity contribution >= 4 is 0 Å². The number of hydrogen-bond donors (Lipinski definition) is 0. The average molecular weight is 306 g/mol. The quantitative estimate of drug-likeness (QED) is 0.614. The van der Waals surface area contributed by atoms with E-state index in [1.165, 1.54) is 0 Å².